The van der Waals surface area contributed by atoms with Gasteiger partial charge in [-0.05, 0) is 24.6 Å². The maximum atomic E-state index is 12.9. The van der Waals surface area contributed by atoms with Gasteiger partial charge in [0.1, 0.15) is 11.6 Å². The van der Waals surface area contributed by atoms with Crippen molar-refractivity contribution in [1.29, 1.82) is 0 Å². The van der Waals surface area contributed by atoms with Crippen molar-refractivity contribution in [1.82, 2.24) is 19.7 Å². The first-order valence-corrected chi connectivity index (χ1v) is 11.1. The van der Waals surface area contributed by atoms with Gasteiger partial charge in [-0.2, -0.15) is 0 Å². The highest BCUT2D eigenvalue weighted by Crippen LogP contribution is 2.21. The van der Waals surface area contributed by atoms with Gasteiger partial charge in [-0.3, -0.25) is 4.79 Å². The summed E-state index contributed by atoms with van der Waals surface area (Å²) in [5.41, 5.74) is 1.95. The molecule has 1 N–H and O–H groups in total. The average Bonchev–Trinajstić information content (AvgIpc) is 3.21. The number of carbonyl (C=O) groups excluding carboxylic acids is 1. The number of carbonyl (C=O) groups is 1. The van der Waals surface area contributed by atoms with Crippen LogP contribution < -0.4 is 5.32 Å². The quantitative estimate of drug-likeness (QED) is 0.554. The monoisotopic (exact) mass is 423 g/mol. The van der Waals surface area contributed by atoms with Crippen molar-refractivity contribution in [3.63, 3.8) is 0 Å². The Morgan fingerprint density at radius 3 is 2.74 bits per heavy atom. The van der Waals surface area contributed by atoms with E-state index in [1.54, 1.807) is 23.9 Å². The molecule has 3 rings (SSSR count). The molecule has 0 aliphatic heterocycles. The average molecular weight is 424 g/mol. The summed E-state index contributed by atoms with van der Waals surface area (Å²) in [6.07, 6.45) is 0. The molecular formula is C17H18FN5OS3. The number of nitrogens with one attached hydrogen (secondary N) is 1. The van der Waals surface area contributed by atoms with Crippen molar-refractivity contribution in [2.45, 2.75) is 23.6 Å². The SMILES string of the molecule is Cc1csc(NC(=O)CSc2nnc(CSCc3ccc(F)cc3)n2C)n1. The number of thioether (sulfide) groups is 2. The van der Waals surface area contributed by atoms with Crippen LogP contribution in [0.3, 0.4) is 0 Å². The molecule has 0 saturated heterocycles. The summed E-state index contributed by atoms with van der Waals surface area (Å²) in [7, 11) is 1.89. The predicted octanol–water partition coefficient (Wildman–Crippen LogP) is 3.88. The molecule has 0 aliphatic rings. The first-order valence-electron chi connectivity index (χ1n) is 8.06. The lowest BCUT2D eigenvalue weighted by Gasteiger charge is -2.04. The van der Waals surface area contributed by atoms with Crippen molar-refractivity contribution in [2.24, 2.45) is 7.05 Å². The van der Waals surface area contributed by atoms with Gasteiger partial charge in [-0.1, -0.05) is 23.9 Å². The lowest BCUT2D eigenvalue weighted by molar-refractivity contribution is -0.113. The second kappa shape index (κ2) is 9.34. The van der Waals surface area contributed by atoms with Gasteiger partial charge in [0.2, 0.25) is 5.91 Å². The highest BCUT2D eigenvalue weighted by molar-refractivity contribution is 7.99. The highest BCUT2D eigenvalue weighted by Gasteiger charge is 2.12. The predicted molar refractivity (Wildman–Crippen MR) is 109 cm³/mol. The molecule has 142 valence electrons. The number of hydrogen-bond acceptors (Lipinski definition) is 7. The topological polar surface area (TPSA) is 72.7 Å². The molecule has 0 fully saturated rings. The summed E-state index contributed by atoms with van der Waals surface area (Å²) in [5.74, 6) is 2.18. The lowest BCUT2D eigenvalue weighted by Crippen LogP contribution is -2.14. The Balaban J connectivity index is 1.46. The molecule has 0 radical (unpaired) electrons. The summed E-state index contributed by atoms with van der Waals surface area (Å²) in [5, 5.41) is 14.3. The van der Waals surface area contributed by atoms with Crippen molar-refractivity contribution in [3.05, 3.63) is 52.5 Å². The Kier molecular flexibility index (Phi) is 6.86. The van der Waals surface area contributed by atoms with E-state index in [0.717, 1.165) is 22.8 Å². The summed E-state index contributed by atoms with van der Waals surface area (Å²) in [4.78, 5) is 16.2. The zero-order valence-corrected chi connectivity index (χ0v) is 17.3. The van der Waals surface area contributed by atoms with E-state index in [2.05, 4.69) is 20.5 Å². The van der Waals surface area contributed by atoms with E-state index in [4.69, 9.17) is 0 Å². The molecule has 0 saturated carbocycles. The van der Waals surface area contributed by atoms with Crippen LogP contribution in [0.5, 0.6) is 0 Å². The van der Waals surface area contributed by atoms with Crippen LogP contribution in [0, 0.1) is 12.7 Å². The minimum atomic E-state index is -0.229. The van der Waals surface area contributed by atoms with Crippen molar-refractivity contribution < 1.29 is 9.18 Å². The van der Waals surface area contributed by atoms with Gasteiger partial charge in [0.25, 0.3) is 0 Å². The van der Waals surface area contributed by atoms with Crippen LogP contribution in [0.15, 0.2) is 34.8 Å². The third-order valence-electron chi connectivity index (χ3n) is 3.54. The molecule has 0 unspecified atom stereocenters. The first kappa shape index (κ1) is 19.8. The number of anilines is 1. The van der Waals surface area contributed by atoms with Crippen molar-refractivity contribution >= 4 is 45.9 Å². The zero-order chi connectivity index (χ0) is 19.2. The highest BCUT2D eigenvalue weighted by atomic mass is 32.2. The van der Waals surface area contributed by atoms with Crippen LogP contribution in [-0.2, 0) is 23.3 Å². The van der Waals surface area contributed by atoms with E-state index in [-0.39, 0.29) is 17.5 Å². The fourth-order valence-corrected chi connectivity index (χ4v) is 4.53. The van der Waals surface area contributed by atoms with Crippen molar-refractivity contribution in [2.75, 3.05) is 11.1 Å². The molecule has 27 heavy (non-hydrogen) atoms. The van der Waals surface area contributed by atoms with E-state index in [1.807, 2.05) is 23.9 Å². The molecule has 2 heterocycles. The number of thiazole rings is 1. The number of aromatic nitrogens is 4. The van der Waals surface area contributed by atoms with E-state index in [0.29, 0.717) is 16.0 Å². The van der Waals surface area contributed by atoms with E-state index in [1.165, 1.54) is 35.2 Å². The molecule has 10 heteroatoms. The Bertz CT molecular complexity index is 910. The Morgan fingerprint density at radius 2 is 2.04 bits per heavy atom. The fraction of sp³-hybridized carbons (Fsp3) is 0.294. The van der Waals surface area contributed by atoms with E-state index < -0.39 is 0 Å². The number of amides is 1. The molecule has 0 spiro atoms. The largest absolute Gasteiger partial charge is 0.308 e. The molecule has 2 aromatic heterocycles. The maximum Gasteiger partial charge on any atom is 0.236 e. The molecule has 3 aromatic rings. The van der Waals surface area contributed by atoms with Crippen LogP contribution in [0.1, 0.15) is 17.1 Å². The first-order chi connectivity index (χ1) is 13.0. The lowest BCUT2D eigenvalue weighted by atomic mass is 10.2. The third-order valence-corrected chi connectivity index (χ3v) is 6.43. The Morgan fingerprint density at radius 1 is 1.26 bits per heavy atom. The maximum absolute atomic E-state index is 12.9. The summed E-state index contributed by atoms with van der Waals surface area (Å²) < 4.78 is 14.8. The Labute approximate surface area is 169 Å². The Hall–Kier alpha value is -1.91. The van der Waals surface area contributed by atoms with Gasteiger partial charge in [0.15, 0.2) is 10.3 Å². The fourth-order valence-electron chi connectivity index (χ4n) is 2.13. The molecule has 1 aromatic carbocycles. The van der Waals surface area contributed by atoms with Crippen LogP contribution in [-0.4, -0.2) is 31.4 Å². The zero-order valence-electron chi connectivity index (χ0n) is 14.8. The minimum Gasteiger partial charge on any atom is -0.308 e. The van der Waals surface area contributed by atoms with Gasteiger partial charge in [0, 0.05) is 18.2 Å². The van der Waals surface area contributed by atoms with Crippen LogP contribution in [0.4, 0.5) is 9.52 Å². The minimum absolute atomic E-state index is 0.121. The molecule has 0 atom stereocenters. The second-order valence-electron chi connectivity index (χ2n) is 5.71. The van der Waals surface area contributed by atoms with Gasteiger partial charge in [0.05, 0.1) is 17.2 Å². The van der Waals surface area contributed by atoms with Gasteiger partial charge < -0.3 is 9.88 Å². The van der Waals surface area contributed by atoms with Gasteiger partial charge in [-0.25, -0.2) is 9.37 Å². The number of nitrogens with zero attached hydrogens (tertiary/aromatic N) is 4. The smallest absolute Gasteiger partial charge is 0.236 e. The van der Waals surface area contributed by atoms with Gasteiger partial charge >= 0.3 is 0 Å². The second-order valence-corrected chi connectivity index (χ2v) is 8.49. The summed E-state index contributed by atoms with van der Waals surface area (Å²) in [6, 6.07) is 6.49. The van der Waals surface area contributed by atoms with Crippen LogP contribution >= 0.6 is 34.9 Å². The molecule has 1 amide bonds. The molecule has 0 aliphatic carbocycles. The van der Waals surface area contributed by atoms with E-state index in [9.17, 15) is 9.18 Å². The number of hydrogen-bond donors (Lipinski definition) is 1. The van der Waals surface area contributed by atoms with Gasteiger partial charge in [-0.15, -0.1) is 33.3 Å². The normalized spacial score (nSPS) is 10.9. The molecular weight excluding hydrogens is 405 g/mol. The van der Waals surface area contributed by atoms with Crippen molar-refractivity contribution in [3.8, 4) is 0 Å². The number of aryl methyl sites for hydroxylation is 1. The van der Waals surface area contributed by atoms with Crippen LogP contribution in [0.25, 0.3) is 0 Å². The number of benzene rings is 1. The number of rotatable bonds is 8. The van der Waals surface area contributed by atoms with E-state index >= 15 is 0 Å². The van der Waals surface area contributed by atoms with Crippen LogP contribution in [0.2, 0.25) is 0 Å². The summed E-state index contributed by atoms with van der Waals surface area (Å²) >= 11 is 4.42. The third kappa shape index (κ3) is 5.78. The standard InChI is InChI=1S/C17H18FN5OS3/c1-11-7-26-16(19-11)20-15(24)10-27-17-22-21-14(23(17)2)9-25-8-12-3-5-13(18)6-4-12/h3-7H,8-10H2,1-2H3,(H,19,20,24). The molecule has 0 bridgehead atoms. The molecule has 6 nitrogen and oxygen atoms in total. The number of halogens is 1. The summed E-state index contributed by atoms with van der Waals surface area (Å²) in [6.45, 7) is 1.89.